The lowest BCUT2D eigenvalue weighted by molar-refractivity contribution is -0.135. The summed E-state index contributed by atoms with van der Waals surface area (Å²) in [6, 6.07) is 5.15. The number of morpholine rings is 1. The zero-order valence-electron chi connectivity index (χ0n) is 15.4. The largest absolute Gasteiger partial charge is 0.376 e. The van der Waals surface area contributed by atoms with Gasteiger partial charge in [0.1, 0.15) is 6.04 Å². The molecule has 0 saturated carbocycles. The van der Waals surface area contributed by atoms with Gasteiger partial charge in [-0.1, -0.05) is 12.1 Å². The predicted octanol–water partition coefficient (Wildman–Crippen LogP) is 0.239. The van der Waals surface area contributed by atoms with Crippen LogP contribution in [0.15, 0.2) is 23.0 Å². The highest BCUT2D eigenvalue weighted by Gasteiger charge is 2.31. The molecule has 0 bridgehead atoms. The summed E-state index contributed by atoms with van der Waals surface area (Å²) < 4.78 is 8.90. The fourth-order valence-corrected chi connectivity index (χ4v) is 4.07. The molecule has 1 aromatic carbocycles. The van der Waals surface area contributed by atoms with Crippen molar-refractivity contribution in [1.82, 2.24) is 19.8 Å². The molecular weight excluding hydrogens is 348 g/mol. The number of rotatable bonds is 4. The van der Waals surface area contributed by atoms with Gasteiger partial charge < -0.3 is 10.1 Å². The second-order valence-electron chi connectivity index (χ2n) is 7.20. The maximum Gasteiger partial charge on any atom is 0.329 e. The van der Waals surface area contributed by atoms with Gasteiger partial charge in [-0.3, -0.25) is 24.0 Å². The van der Waals surface area contributed by atoms with E-state index in [1.165, 1.54) is 4.57 Å². The van der Waals surface area contributed by atoms with E-state index in [2.05, 4.69) is 10.6 Å². The van der Waals surface area contributed by atoms with E-state index in [0.717, 1.165) is 49.1 Å². The third kappa shape index (κ3) is 3.30. The van der Waals surface area contributed by atoms with Crippen LogP contribution < -0.4 is 16.3 Å². The molecule has 0 aliphatic carbocycles. The summed E-state index contributed by atoms with van der Waals surface area (Å²) in [5.74, 6) is -0.695. The normalized spacial score (nSPS) is 23.6. The zero-order chi connectivity index (χ0) is 19.0. The molecule has 2 aliphatic heterocycles. The fourth-order valence-electron chi connectivity index (χ4n) is 4.07. The van der Waals surface area contributed by atoms with Crippen molar-refractivity contribution in [3.05, 3.63) is 34.2 Å². The lowest BCUT2D eigenvalue weighted by Gasteiger charge is -2.23. The van der Waals surface area contributed by atoms with Crippen molar-refractivity contribution < 1.29 is 14.3 Å². The molecule has 4 rings (SSSR count). The number of imide groups is 1. The van der Waals surface area contributed by atoms with Crippen molar-refractivity contribution in [2.45, 2.75) is 37.8 Å². The van der Waals surface area contributed by atoms with Crippen LogP contribution in [0.25, 0.3) is 11.0 Å². The van der Waals surface area contributed by atoms with Crippen LogP contribution in [0.1, 0.15) is 30.9 Å². The first-order chi connectivity index (χ1) is 13.1. The number of aryl methyl sites for hydroxylation is 2. The standard InChI is InChI=1S/C19H24N4O4/c1-22-17-12(5-6-13-11-20-9-10-27-13)3-2-4-14(17)23(19(22)26)15-7-8-16(24)21-18(15)25/h2-4,13,15,20H,5-11H2,1H3,(H,21,24,25). The highest BCUT2D eigenvalue weighted by Crippen LogP contribution is 2.26. The smallest absolute Gasteiger partial charge is 0.329 e. The Morgan fingerprint density at radius 3 is 2.85 bits per heavy atom. The maximum absolute atomic E-state index is 12.9. The number of fused-ring (bicyclic) bond motifs is 1. The van der Waals surface area contributed by atoms with E-state index < -0.39 is 11.9 Å². The third-order valence-electron chi connectivity index (χ3n) is 5.45. The SMILES string of the molecule is Cn1c(=O)n(C2CCC(=O)NC2=O)c2cccc(CCC3CNCCO3)c21. The molecule has 2 atom stereocenters. The average Bonchev–Trinajstić information content (AvgIpc) is 2.93. The monoisotopic (exact) mass is 372 g/mol. The van der Waals surface area contributed by atoms with Crippen LogP contribution >= 0.6 is 0 Å². The summed E-state index contributed by atoms with van der Waals surface area (Å²) in [6.07, 6.45) is 2.41. The number of hydrogen-bond acceptors (Lipinski definition) is 5. The summed E-state index contributed by atoms with van der Waals surface area (Å²) in [6.45, 7) is 2.45. The summed E-state index contributed by atoms with van der Waals surface area (Å²) in [5, 5.41) is 5.67. The Kier molecular flexibility index (Phi) is 4.84. The van der Waals surface area contributed by atoms with Crippen LogP contribution in [0, 0.1) is 0 Å². The Bertz CT molecular complexity index is 939. The van der Waals surface area contributed by atoms with Crippen LogP contribution in [-0.2, 0) is 27.8 Å². The zero-order valence-corrected chi connectivity index (χ0v) is 15.4. The van der Waals surface area contributed by atoms with E-state index in [-0.39, 0.29) is 24.1 Å². The highest BCUT2D eigenvalue weighted by atomic mass is 16.5. The first-order valence-corrected chi connectivity index (χ1v) is 9.41. The van der Waals surface area contributed by atoms with Crippen molar-refractivity contribution >= 4 is 22.8 Å². The number of aromatic nitrogens is 2. The van der Waals surface area contributed by atoms with Crippen LogP contribution in [0.4, 0.5) is 0 Å². The van der Waals surface area contributed by atoms with Gasteiger partial charge >= 0.3 is 5.69 Å². The van der Waals surface area contributed by atoms with E-state index in [9.17, 15) is 14.4 Å². The van der Waals surface area contributed by atoms with Crippen molar-refractivity contribution in [1.29, 1.82) is 0 Å². The fraction of sp³-hybridized carbons (Fsp3) is 0.526. The molecule has 2 fully saturated rings. The molecular formula is C19H24N4O4. The summed E-state index contributed by atoms with van der Waals surface area (Å²) >= 11 is 0. The number of piperidine rings is 1. The van der Waals surface area contributed by atoms with Gasteiger partial charge in [-0.15, -0.1) is 0 Å². The number of ether oxygens (including phenoxy) is 1. The molecule has 27 heavy (non-hydrogen) atoms. The van der Waals surface area contributed by atoms with E-state index in [1.807, 2.05) is 18.2 Å². The number of hydrogen-bond donors (Lipinski definition) is 2. The number of amides is 2. The number of benzene rings is 1. The minimum absolute atomic E-state index is 0.170. The molecule has 2 aromatic rings. The van der Waals surface area contributed by atoms with Crippen molar-refractivity contribution in [2.24, 2.45) is 7.05 Å². The third-order valence-corrected chi connectivity index (χ3v) is 5.45. The average molecular weight is 372 g/mol. The van der Waals surface area contributed by atoms with Crippen molar-refractivity contribution in [2.75, 3.05) is 19.7 Å². The molecule has 2 amide bonds. The second-order valence-corrected chi connectivity index (χ2v) is 7.20. The number of carbonyl (C=O) groups excluding carboxylic acids is 2. The minimum Gasteiger partial charge on any atom is -0.376 e. The highest BCUT2D eigenvalue weighted by molar-refractivity contribution is 6.00. The van der Waals surface area contributed by atoms with Gasteiger partial charge in [-0.05, 0) is 30.9 Å². The maximum atomic E-state index is 12.9. The molecule has 8 nitrogen and oxygen atoms in total. The Balaban J connectivity index is 1.68. The Morgan fingerprint density at radius 1 is 1.26 bits per heavy atom. The number of nitrogens with one attached hydrogen (secondary N) is 2. The molecule has 3 heterocycles. The van der Waals surface area contributed by atoms with E-state index >= 15 is 0 Å². The van der Waals surface area contributed by atoms with E-state index in [1.54, 1.807) is 11.6 Å². The first kappa shape index (κ1) is 17.9. The molecule has 1 aromatic heterocycles. The van der Waals surface area contributed by atoms with Crippen LogP contribution in [0.5, 0.6) is 0 Å². The molecule has 2 saturated heterocycles. The van der Waals surface area contributed by atoms with Gasteiger partial charge in [-0.25, -0.2) is 4.79 Å². The molecule has 8 heteroatoms. The van der Waals surface area contributed by atoms with Gasteiger partial charge in [0, 0.05) is 26.6 Å². The van der Waals surface area contributed by atoms with Crippen LogP contribution in [0.3, 0.4) is 0 Å². The van der Waals surface area contributed by atoms with Crippen molar-refractivity contribution in [3.63, 3.8) is 0 Å². The number of carbonyl (C=O) groups is 2. The molecule has 2 N–H and O–H groups in total. The van der Waals surface area contributed by atoms with Crippen LogP contribution in [-0.4, -0.2) is 46.7 Å². The van der Waals surface area contributed by atoms with Gasteiger partial charge in [0.2, 0.25) is 11.8 Å². The summed E-state index contributed by atoms with van der Waals surface area (Å²) in [5.41, 5.74) is 2.41. The van der Waals surface area contributed by atoms with Gasteiger partial charge in [0.05, 0.1) is 23.7 Å². The quantitative estimate of drug-likeness (QED) is 0.750. The van der Waals surface area contributed by atoms with Gasteiger partial charge in [0.25, 0.3) is 0 Å². The first-order valence-electron chi connectivity index (χ1n) is 9.41. The van der Waals surface area contributed by atoms with Gasteiger partial charge in [0.15, 0.2) is 0 Å². The Labute approximate surface area is 156 Å². The molecule has 144 valence electrons. The summed E-state index contributed by atoms with van der Waals surface area (Å²) in [7, 11) is 1.73. The second kappa shape index (κ2) is 7.28. The predicted molar refractivity (Wildman–Crippen MR) is 99.5 cm³/mol. The Hall–Kier alpha value is -2.45. The molecule has 0 spiro atoms. The van der Waals surface area contributed by atoms with Gasteiger partial charge in [-0.2, -0.15) is 0 Å². The lowest BCUT2D eigenvalue weighted by Crippen LogP contribution is -2.44. The molecule has 2 unspecified atom stereocenters. The number of para-hydroxylation sites is 1. The summed E-state index contributed by atoms with van der Waals surface area (Å²) in [4.78, 5) is 36.7. The van der Waals surface area contributed by atoms with E-state index in [4.69, 9.17) is 4.74 Å². The number of imidazole rings is 1. The lowest BCUT2D eigenvalue weighted by atomic mass is 10.0. The molecule has 2 aliphatic rings. The minimum atomic E-state index is -0.653. The molecule has 0 radical (unpaired) electrons. The topological polar surface area (TPSA) is 94.4 Å². The van der Waals surface area contributed by atoms with E-state index in [0.29, 0.717) is 6.42 Å². The number of nitrogens with zero attached hydrogens (tertiary/aromatic N) is 2. The Morgan fingerprint density at radius 2 is 2.11 bits per heavy atom. The van der Waals surface area contributed by atoms with Crippen molar-refractivity contribution in [3.8, 4) is 0 Å². The van der Waals surface area contributed by atoms with Crippen LogP contribution in [0.2, 0.25) is 0 Å².